The van der Waals surface area contributed by atoms with Gasteiger partial charge >= 0.3 is 6.16 Å². The molecule has 0 spiro atoms. The zero-order valence-corrected chi connectivity index (χ0v) is 54.7. The molecule has 6 aromatic rings. The Balaban J connectivity index is 0.825. The van der Waals surface area contributed by atoms with Crippen LogP contribution in [0.3, 0.4) is 0 Å². The number of thiazole rings is 1. The highest BCUT2D eigenvalue weighted by Gasteiger charge is 2.46. The summed E-state index contributed by atoms with van der Waals surface area (Å²) in [5.74, 6) is -4.47. The molecule has 6 heterocycles. The zero-order valence-electron chi connectivity index (χ0n) is 51.4. The molecule has 1 fully saturated rings. The number of unbranched alkanes of at least 4 members (excludes halogenated alkanes) is 7. The predicted octanol–water partition coefficient (Wildman–Crippen LogP) is 9.52. The highest BCUT2D eigenvalue weighted by atomic mass is 33.1. The molecular weight excluding hydrogens is 1230 g/mol. The lowest BCUT2D eigenvalue weighted by atomic mass is 9.85. The van der Waals surface area contributed by atoms with Crippen LogP contribution in [0.1, 0.15) is 132 Å². The SMILES string of the molecule is Cc1ncsc1-c1ccc(CNC(=O)[C@@H]2C[C@@H](OC(=O)OCC(C)(C)SS(C)(=O)=O)CN2C(=O)[C@@H](NC(=O)CCCCCCCCCCNC(=O)c2cc3c(cc2CS(C)(=O)=O)-c2cn(C)c(=O)c4[nH]cc(c24)CN3c2ncc(F)cc2F)C(C)(C)C)cc1. The van der Waals surface area contributed by atoms with Gasteiger partial charge in [-0.1, -0.05) is 83.6 Å². The molecule has 4 aromatic heterocycles. The number of rotatable bonds is 26. The molecule has 2 aliphatic rings. The molecule has 89 heavy (non-hydrogen) atoms. The van der Waals surface area contributed by atoms with Crippen molar-refractivity contribution >= 4 is 93.0 Å². The number of hydrogen-bond acceptors (Lipinski definition) is 17. The van der Waals surface area contributed by atoms with E-state index in [1.807, 2.05) is 31.2 Å². The van der Waals surface area contributed by atoms with Gasteiger partial charge in [0.15, 0.2) is 30.3 Å². The van der Waals surface area contributed by atoms with Crippen molar-refractivity contribution in [2.24, 2.45) is 12.5 Å². The van der Waals surface area contributed by atoms with Crippen molar-refractivity contribution in [2.45, 2.75) is 148 Å². The summed E-state index contributed by atoms with van der Waals surface area (Å²) in [4.78, 5) is 97.8. The predicted molar refractivity (Wildman–Crippen MR) is 340 cm³/mol. The number of H-pyrrole nitrogens is 1. The van der Waals surface area contributed by atoms with Crippen LogP contribution in [0.4, 0.5) is 25.1 Å². The van der Waals surface area contributed by atoms with Gasteiger partial charge in [0, 0.05) is 86.0 Å². The number of ether oxygens (including phenoxy) is 2. The summed E-state index contributed by atoms with van der Waals surface area (Å²) in [6.45, 7) is 10.5. The monoisotopic (exact) mass is 1310 g/mol. The fourth-order valence-corrected chi connectivity index (χ4v) is 16.3. The summed E-state index contributed by atoms with van der Waals surface area (Å²) >= 11 is 1.53. The molecule has 0 radical (unpaired) electrons. The third-order valence-corrected chi connectivity index (χ3v) is 20.4. The van der Waals surface area contributed by atoms with E-state index in [-0.39, 0.29) is 79.6 Å². The second kappa shape index (κ2) is 28.3. The number of carbonyl (C=O) groups excluding carboxylic acids is 5. The third-order valence-electron chi connectivity index (χ3n) is 15.4. The first-order valence-electron chi connectivity index (χ1n) is 29.4. The maximum absolute atomic E-state index is 15.6. The first-order chi connectivity index (χ1) is 41.9. The van der Waals surface area contributed by atoms with Gasteiger partial charge in [-0.25, -0.2) is 40.4 Å². The number of aromatic nitrogens is 4. The minimum Gasteiger partial charge on any atom is -0.433 e. The van der Waals surface area contributed by atoms with Crippen LogP contribution in [0, 0.1) is 24.0 Å². The number of halogens is 2. The summed E-state index contributed by atoms with van der Waals surface area (Å²) < 4.78 is 90.7. The first kappa shape index (κ1) is 67.7. The van der Waals surface area contributed by atoms with E-state index in [4.69, 9.17) is 9.47 Å². The lowest BCUT2D eigenvalue weighted by molar-refractivity contribution is -0.144. The number of nitrogens with zero attached hydrogens (tertiary/aromatic N) is 5. The van der Waals surface area contributed by atoms with Gasteiger partial charge in [0.2, 0.25) is 17.7 Å². The van der Waals surface area contributed by atoms with Crippen LogP contribution in [0.5, 0.6) is 0 Å². The number of sulfone groups is 1. The lowest BCUT2D eigenvalue weighted by Gasteiger charge is -2.35. The number of benzene rings is 2. The molecule has 3 atom stereocenters. The number of fused-ring (bicyclic) bond motifs is 2. The topological polar surface area (TPSA) is 278 Å². The number of pyridine rings is 2. The van der Waals surface area contributed by atoms with E-state index < -0.39 is 88.3 Å². The molecule has 27 heteroatoms. The largest absolute Gasteiger partial charge is 0.508 e. The van der Waals surface area contributed by atoms with E-state index in [2.05, 4.69) is 30.9 Å². The van der Waals surface area contributed by atoms with Crippen LogP contribution in [0.25, 0.3) is 32.5 Å². The van der Waals surface area contributed by atoms with Gasteiger partial charge in [0.1, 0.15) is 36.1 Å². The minimum absolute atomic E-state index is 0.0241. The number of carbonyl (C=O) groups is 5. The molecule has 4 amide bonds. The summed E-state index contributed by atoms with van der Waals surface area (Å²) in [5.41, 5.74) is 5.74. The van der Waals surface area contributed by atoms with Crippen molar-refractivity contribution in [1.29, 1.82) is 0 Å². The molecule has 0 aliphatic carbocycles. The number of aryl methyl sites for hydroxylation is 2. The Kier molecular flexibility index (Phi) is 21.5. The standard InChI is InChI=1S/C62H77F2N9O12S4/c1-37-53(86-36-69-37)39-21-19-38(20-22-39)28-68-57(76)49-26-43(85-60(79)84-35-62(5,6)87-89(9,82)83)32-73(49)59(78)54(61(2,3)4)70-50(74)18-16-14-12-10-11-13-15-17-23-65-56(75)44-27-48-45(24-40(44)34-88(8,80)81)46-33-71(7)58(77)52-51(46)41(29-66-52)31-72(48)55-47(64)25-42(63)30-67-55/h19-22,24-25,27,29-30,33,36,43,49,54,66H,10-18,23,26,28,31-32,34-35H2,1-9H3,(H,65,75)(H,68,76)(H,70,74)/t43-,49+,54-/m1/s1. The van der Waals surface area contributed by atoms with Crippen molar-refractivity contribution in [1.82, 2.24) is 40.4 Å². The molecule has 0 unspecified atom stereocenters. The highest BCUT2D eigenvalue weighted by Crippen LogP contribution is 2.45. The summed E-state index contributed by atoms with van der Waals surface area (Å²) in [6.07, 6.45) is 10.4. The molecular formula is C62H77F2N9O12S4. The number of hydrogen-bond donors (Lipinski definition) is 4. The Morgan fingerprint density at radius 3 is 2.22 bits per heavy atom. The van der Waals surface area contributed by atoms with Crippen LogP contribution in [0.2, 0.25) is 0 Å². The van der Waals surface area contributed by atoms with E-state index in [0.717, 1.165) is 78.9 Å². The van der Waals surface area contributed by atoms with Gasteiger partial charge in [-0.15, -0.1) is 11.3 Å². The average molecular weight is 1310 g/mol. The van der Waals surface area contributed by atoms with Gasteiger partial charge in [-0.3, -0.25) is 24.0 Å². The van der Waals surface area contributed by atoms with E-state index in [9.17, 15) is 50.0 Å². The van der Waals surface area contributed by atoms with Crippen molar-refractivity contribution in [3.63, 3.8) is 0 Å². The lowest BCUT2D eigenvalue weighted by Crippen LogP contribution is -2.57. The number of anilines is 2. The Morgan fingerprint density at radius 2 is 1.58 bits per heavy atom. The second-order valence-electron chi connectivity index (χ2n) is 24.6. The van der Waals surface area contributed by atoms with Crippen molar-refractivity contribution in [3.05, 3.63) is 117 Å². The summed E-state index contributed by atoms with van der Waals surface area (Å²) in [5, 5.41) is 9.34. The van der Waals surface area contributed by atoms with Crippen LogP contribution >= 0.6 is 22.1 Å². The highest BCUT2D eigenvalue weighted by molar-refractivity contribution is 8.72. The minimum atomic E-state index is -3.70. The smallest absolute Gasteiger partial charge is 0.433 e. The normalized spacial score (nSPS) is 15.5. The number of amides is 4. The number of likely N-dealkylation sites (tertiary alicyclic amines) is 1. The van der Waals surface area contributed by atoms with Gasteiger partial charge in [-0.2, -0.15) is 0 Å². The average Bonchev–Trinajstić information content (AvgIpc) is 1.64. The molecule has 480 valence electrons. The fraction of sp³-hybridized carbons (Fsp3) is 0.484. The van der Waals surface area contributed by atoms with Crippen molar-refractivity contribution in [2.75, 3.05) is 37.1 Å². The molecule has 8 rings (SSSR count). The first-order valence-corrected chi connectivity index (χ1v) is 35.5. The maximum Gasteiger partial charge on any atom is 0.508 e. The quantitative estimate of drug-likeness (QED) is 0.0223. The van der Waals surface area contributed by atoms with E-state index >= 15 is 4.39 Å². The maximum atomic E-state index is 15.6. The van der Waals surface area contributed by atoms with E-state index in [1.54, 1.807) is 65.6 Å². The number of aromatic amines is 1. The zero-order chi connectivity index (χ0) is 64.8. The summed E-state index contributed by atoms with van der Waals surface area (Å²) in [6, 6.07) is 9.32. The van der Waals surface area contributed by atoms with Crippen LogP contribution in [-0.2, 0) is 68.5 Å². The fourth-order valence-electron chi connectivity index (χ4n) is 11.2. The molecule has 0 saturated carbocycles. The molecule has 4 N–H and O–H groups in total. The Morgan fingerprint density at radius 1 is 0.899 bits per heavy atom. The third kappa shape index (κ3) is 17.6. The Labute approximate surface area is 524 Å². The Hall–Kier alpha value is -7.23. The molecule has 0 bridgehead atoms. The molecule has 1 saturated heterocycles. The van der Waals surface area contributed by atoms with Crippen molar-refractivity contribution in [3.8, 4) is 21.6 Å². The van der Waals surface area contributed by atoms with Crippen LogP contribution < -0.4 is 26.4 Å². The molecule has 2 aliphatic heterocycles. The van der Waals surface area contributed by atoms with Gasteiger partial charge in [0.05, 0.1) is 51.6 Å². The molecule has 2 aromatic carbocycles. The van der Waals surface area contributed by atoms with Crippen LogP contribution in [0.15, 0.2) is 71.4 Å². The summed E-state index contributed by atoms with van der Waals surface area (Å²) in [7, 11) is -4.95. The van der Waals surface area contributed by atoms with Gasteiger partial charge < -0.3 is 44.8 Å². The van der Waals surface area contributed by atoms with Crippen LogP contribution in [-0.4, -0.2) is 126 Å². The second-order valence-corrected chi connectivity index (χ2v) is 32.6. The van der Waals surface area contributed by atoms with Gasteiger partial charge in [0.25, 0.3) is 11.5 Å². The van der Waals surface area contributed by atoms with Gasteiger partial charge in [-0.05, 0) is 84.2 Å². The van der Waals surface area contributed by atoms with E-state index in [1.165, 1.54) is 31.8 Å². The van der Waals surface area contributed by atoms with Crippen molar-refractivity contribution < 1.29 is 59.1 Å². The van der Waals surface area contributed by atoms with E-state index in [0.29, 0.717) is 57.5 Å². The number of nitrogens with one attached hydrogen (secondary N) is 4. The Bertz CT molecular complexity index is 3920. The molecule has 21 nitrogen and oxygen atoms in total.